The second-order valence-electron chi connectivity index (χ2n) is 4.22. The maximum atomic E-state index is 11.7. The summed E-state index contributed by atoms with van der Waals surface area (Å²) in [5, 5.41) is 11.8. The minimum absolute atomic E-state index is 0.185. The molecule has 1 fully saturated rings. The number of carboxylic acids is 1. The van der Waals surface area contributed by atoms with E-state index in [-0.39, 0.29) is 11.9 Å². The molecule has 2 aliphatic rings. The minimum atomic E-state index is -0.820. The smallest absolute Gasteiger partial charge is 0.308 e. The van der Waals surface area contributed by atoms with E-state index in [9.17, 15) is 9.59 Å². The van der Waals surface area contributed by atoms with Gasteiger partial charge in [-0.1, -0.05) is 6.42 Å². The molecule has 0 saturated heterocycles. The molecule has 5 nitrogen and oxygen atoms in total. The summed E-state index contributed by atoms with van der Waals surface area (Å²) in [6.07, 6.45) is 4.32. The molecule has 1 heterocycles. The number of hydrogen-bond acceptors (Lipinski definition) is 3. The molecule has 0 bridgehead atoms. The van der Waals surface area contributed by atoms with E-state index in [1.807, 2.05) is 0 Å². The molecule has 0 aromatic carbocycles. The Kier molecular flexibility index (Phi) is 3.12. The fourth-order valence-corrected chi connectivity index (χ4v) is 2.24. The van der Waals surface area contributed by atoms with Crippen molar-refractivity contribution < 1.29 is 19.4 Å². The molecule has 0 aromatic heterocycles. The van der Waals surface area contributed by atoms with Crippen LogP contribution >= 0.6 is 0 Å². The van der Waals surface area contributed by atoms with Gasteiger partial charge in [-0.3, -0.25) is 9.59 Å². The van der Waals surface area contributed by atoms with E-state index in [0.717, 1.165) is 12.8 Å². The van der Waals surface area contributed by atoms with E-state index in [1.165, 1.54) is 6.26 Å². The van der Waals surface area contributed by atoms with Gasteiger partial charge in [-0.25, -0.2) is 0 Å². The van der Waals surface area contributed by atoms with Crippen molar-refractivity contribution in [3.63, 3.8) is 0 Å². The topological polar surface area (TPSA) is 75.6 Å². The van der Waals surface area contributed by atoms with Crippen molar-refractivity contribution in [2.75, 3.05) is 6.61 Å². The highest BCUT2D eigenvalue weighted by atomic mass is 16.5. The molecular weight excluding hydrogens is 210 g/mol. The number of ether oxygens (including phenoxy) is 1. The van der Waals surface area contributed by atoms with Gasteiger partial charge in [0.15, 0.2) is 0 Å². The van der Waals surface area contributed by atoms with Gasteiger partial charge in [0.05, 0.1) is 24.4 Å². The molecule has 2 unspecified atom stereocenters. The number of carboxylic acid groups (broad SMARTS) is 1. The molecule has 1 aliphatic carbocycles. The Morgan fingerprint density at radius 3 is 2.88 bits per heavy atom. The molecule has 2 atom stereocenters. The second-order valence-corrected chi connectivity index (χ2v) is 4.22. The molecule has 1 saturated carbocycles. The Labute approximate surface area is 93.5 Å². The van der Waals surface area contributed by atoms with Crippen LogP contribution in [0.15, 0.2) is 11.8 Å². The lowest BCUT2D eigenvalue weighted by atomic mass is 10.0. The molecule has 0 aromatic rings. The van der Waals surface area contributed by atoms with Gasteiger partial charge in [0.2, 0.25) is 0 Å². The maximum absolute atomic E-state index is 11.7. The zero-order valence-electron chi connectivity index (χ0n) is 8.94. The number of carbonyl (C=O) groups excluding carboxylic acids is 1. The third-order valence-corrected chi connectivity index (χ3v) is 3.16. The molecule has 5 heteroatoms. The lowest BCUT2D eigenvalue weighted by Gasteiger charge is -2.17. The van der Waals surface area contributed by atoms with Crippen molar-refractivity contribution in [3.8, 4) is 0 Å². The van der Waals surface area contributed by atoms with Crippen LogP contribution < -0.4 is 5.32 Å². The van der Waals surface area contributed by atoms with Crippen molar-refractivity contribution in [1.82, 2.24) is 5.32 Å². The van der Waals surface area contributed by atoms with Crippen molar-refractivity contribution in [2.45, 2.75) is 31.7 Å². The van der Waals surface area contributed by atoms with Gasteiger partial charge in [0.1, 0.15) is 0 Å². The van der Waals surface area contributed by atoms with Crippen LogP contribution in [0.1, 0.15) is 25.7 Å². The molecule has 2 rings (SSSR count). The van der Waals surface area contributed by atoms with Crippen molar-refractivity contribution >= 4 is 11.9 Å². The molecule has 2 N–H and O–H groups in total. The van der Waals surface area contributed by atoms with E-state index in [1.54, 1.807) is 0 Å². The Morgan fingerprint density at radius 2 is 2.25 bits per heavy atom. The molecule has 0 spiro atoms. The highest BCUT2D eigenvalue weighted by Gasteiger charge is 2.34. The zero-order valence-corrected chi connectivity index (χ0v) is 8.94. The van der Waals surface area contributed by atoms with Gasteiger partial charge in [0.25, 0.3) is 5.91 Å². The molecule has 16 heavy (non-hydrogen) atoms. The summed E-state index contributed by atoms with van der Waals surface area (Å²) in [6.45, 7) is 0.537. The predicted octanol–water partition coefficient (Wildman–Crippen LogP) is 0.660. The monoisotopic (exact) mass is 225 g/mol. The van der Waals surface area contributed by atoms with Gasteiger partial charge in [0, 0.05) is 12.5 Å². The molecule has 88 valence electrons. The van der Waals surface area contributed by atoms with Gasteiger partial charge in [-0.15, -0.1) is 0 Å². The summed E-state index contributed by atoms with van der Waals surface area (Å²) in [6, 6.07) is -0.230. The number of nitrogens with one attached hydrogen (secondary N) is 1. The van der Waals surface area contributed by atoms with Gasteiger partial charge >= 0.3 is 5.97 Å². The number of hydrogen-bond donors (Lipinski definition) is 2. The van der Waals surface area contributed by atoms with E-state index in [4.69, 9.17) is 9.84 Å². The summed E-state index contributed by atoms with van der Waals surface area (Å²) < 4.78 is 4.98. The number of amides is 1. The normalized spacial score (nSPS) is 28.4. The first kappa shape index (κ1) is 11.0. The second kappa shape index (κ2) is 4.55. The van der Waals surface area contributed by atoms with Crippen LogP contribution in [0.5, 0.6) is 0 Å². The summed E-state index contributed by atoms with van der Waals surface area (Å²) in [5.41, 5.74) is 0.607. The lowest BCUT2D eigenvalue weighted by Crippen LogP contribution is -2.40. The standard InChI is InChI=1S/C11H15NO4/c13-10(7-4-5-16-6-7)12-9-3-1-2-8(9)11(14)15/h6,8-9H,1-5H2,(H,12,13)(H,14,15). The van der Waals surface area contributed by atoms with Crippen LogP contribution in [0.3, 0.4) is 0 Å². The Morgan fingerprint density at radius 1 is 1.44 bits per heavy atom. The highest BCUT2D eigenvalue weighted by Crippen LogP contribution is 2.26. The maximum Gasteiger partial charge on any atom is 0.308 e. The Bertz CT molecular complexity index is 337. The third kappa shape index (κ3) is 2.18. The summed E-state index contributed by atoms with van der Waals surface area (Å²) in [5.74, 6) is -1.44. The average molecular weight is 225 g/mol. The van der Waals surface area contributed by atoms with Crippen LogP contribution in [0.2, 0.25) is 0 Å². The average Bonchev–Trinajstić information content (AvgIpc) is 2.86. The first-order valence-corrected chi connectivity index (χ1v) is 5.53. The van der Waals surface area contributed by atoms with Gasteiger partial charge in [-0.05, 0) is 12.8 Å². The largest absolute Gasteiger partial charge is 0.500 e. The number of aliphatic carboxylic acids is 1. The van der Waals surface area contributed by atoms with E-state index >= 15 is 0 Å². The summed E-state index contributed by atoms with van der Waals surface area (Å²) >= 11 is 0. The first-order valence-electron chi connectivity index (χ1n) is 5.53. The highest BCUT2D eigenvalue weighted by molar-refractivity contribution is 5.94. The Balaban J connectivity index is 1.93. The third-order valence-electron chi connectivity index (χ3n) is 3.16. The van der Waals surface area contributed by atoms with Crippen LogP contribution in [0, 0.1) is 5.92 Å². The van der Waals surface area contributed by atoms with Gasteiger partial charge in [-0.2, -0.15) is 0 Å². The van der Waals surface area contributed by atoms with Gasteiger partial charge < -0.3 is 15.2 Å². The van der Waals surface area contributed by atoms with Crippen LogP contribution in [0.25, 0.3) is 0 Å². The van der Waals surface area contributed by atoms with Crippen molar-refractivity contribution in [2.24, 2.45) is 5.92 Å². The summed E-state index contributed by atoms with van der Waals surface area (Å²) in [7, 11) is 0. The van der Waals surface area contributed by atoms with Crippen molar-refractivity contribution in [1.29, 1.82) is 0 Å². The Hall–Kier alpha value is -1.52. The zero-order chi connectivity index (χ0) is 11.5. The number of carbonyl (C=O) groups is 2. The minimum Gasteiger partial charge on any atom is -0.500 e. The predicted molar refractivity (Wildman–Crippen MR) is 55.6 cm³/mol. The molecule has 0 radical (unpaired) electrons. The molecular formula is C11H15NO4. The van der Waals surface area contributed by atoms with Crippen molar-refractivity contribution in [3.05, 3.63) is 11.8 Å². The van der Waals surface area contributed by atoms with Crippen LogP contribution in [-0.4, -0.2) is 29.6 Å². The first-order chi connectivity index (χ1) is 7.68. The fraction of sp³-hybridized carbons (Fsp3) is 0.636. The SMILES string of the molecule is O=C(NC1CCCC1C(=O)O)C1=COCC1. The molecule has 1 aliphatic heterocycles. The summed E-state index contributed by atoms with van der Waals surface area (Å²) in [4.78, 5) is 22.6. The van der Waals surface area contributed by atoms with Crippen LogP contribution in [-0.2, 0) is 14.3 Å². The fourth-order valence-electron chi connectivity index (χ4n) is 2.24. The number of rotatable bonds is 3. The van der Waals surface area contributed by atoms with Crippen LogP contribution in [0.4, 0.5) is 0 Å². The van der Waals surface area contributed by atoms with E-state index in [2.05, 4.69) is 5.32 Å². The van der Waals surface area contributed by atoms with E-state index in [0.29, 0.717) is 25.0 Å². The lowest BCUT2D eigenvalue weighted by molar-refractivity contribution is -0.142. The molecule has 1 amide bonds. The van der Waals surface area contributed by atoms with E-state index < -0.39 is 11.9 Å². The quantitative estimate of drug-likeness (QED) is 0.739.